The van der Waals surface area contributed by atoms with Crippen LogP contribution >= 0.6 is 38.9 Å². The molecule has 1 aromatic carbocycles. The van der Waals surface area contributed by atoms with Gasteiger partial charge in [0, 0.05) is 0 Å². The van der Waals surface area contributed by atoms with E-state index in [2.05, 4.69) is 15.9 Å². The number of alkyl halides is 1. The Bertz CT molecular complexity index is 466. The first-order valence-electron chi connectivity index (χ1n) is 4.77. The summed E-state index contributed by atoms with van der Waals surface area (Å²) in [4.78, 5) is 0. The second-order valence-corrected chi connectivity index (χ2v) is 6.30. The summed E-state index contributed by atoms with van der Waals surface area (Å²) in [6.45, 7) is 0. The highest BCUT2D eigenvalue weighted by molar-refractivity contribution is 9.11. The Morgan fingerprint density at radius 1 is 1.31 bits per heavy atom. The molecule has 84 valence electrons. The molecule has 0 spiro atoms. The summed E-state index contributed by atoms with van der Waals surface area (Å²) in [6, 6.07) is 8.48. The van der Waals surface area contributed by atoms with Gasteiger partial charge in [-0.15, -0.1) is 22.9 Å². The van der Waals surface area contributed by atoms with Crippen molar-refractivity contribution in [3.05, 3.63) is 56.4 Å². The van der Waals surface area contributed by atoms with Crippen LogP contribution in [0.1, 0.15) is 16.5 Å². The molecule has 0 saturated carbocycles. The third-order valence-corrected chi connectivity index (χ3v) is 4.21. The number of hydrogen-bond donors (Lipinski definition) is 0. The maximum atomic E-state index is 12.7. The molecule has 2 rings (SSSR count). The second kappa shape index (κ2) is 5.30. The molecule has 0 fully saturated rings. The lowest BCUT2D eigenvalue weighted by Gasteiger charge is -2.07. The minimum absolute atomic E-state index is 0.0620. The largest absolute Gasteiger partial charge is 0.207 e. The molecular weight excluding hydrogens is 311 g/mol. The van der Waals surface area contributed by atoms with E-state index >= 15 is 0 Å². The van der Waals surface area contributed by atoms with Crippen LogP contribution in [0.2, 0.25) is 0 Å². The van der Waals surface area contributed by atoms with Crippen LogP contribution in [0.5, 0.6) is 0 Å². The summed E-state index contributed by atoms with van der Waals surface area (Å²) in [5.74, 6) is -0.215. The van der Waals surface area contributed by atoms with Gasteiger partial charge in [-0.05, 0) is 57.1 Å². The fourth-order valence-corrected chi connectivity index (χ4v) is 3.04. The van der Waals surface area contributed by atoms with Crippen molar-refractivity contribution in [2.45, 2.75) is 11.8 Å². The van der Waals surface area contributed by atoms with E-state index in [0.29, 0.717) is 6.42 Å². The van der Waals surface area contributed by atoms with Gasteiger partial charge in [0.1, 0.15) is 5.82 Å². The van der Waals surface area contributed by atoms with Gasteiger partial charge >= 0.3 is 0 Å². The smallest absolute Gasteiger partial charge is 0.123 e. The van der Waals surface area contributed by atoms with Crippen LogP contribution < -0.4 is 0 Å². The number of hydrogen-bond acceptors (Lipinski definition) is 1. The summed E-state index contributed by atoms with van der Waals surface area (Å²) in [5, 5.41) is 1.97. The van der Waals surface area contributed by atoms with Gasteiger partial charge in [0.2, 0.25) is 0 Å². The fourth-order valence-electron chi connectivity index (χ4n) is 1.43. The standard InChI is InChI=1S/C12H9BrClFS/c13-12-6-9(7-16-12)11(14)5-8-1-3-10(15)4-2-8/h1-4,6-7,11H,5H2. The van der Waals surface area contributed by atoms with E-state index in [1.54, 1.807) is 23.5 Å². The number of thiophene rings is 1. The molecule has 0 aliphatic rings. The quantitative estimate of drug-likeness (QED) is 0.684. The van der Waals surface area contributed by atoms with Crippen LogP contribution in [-0.4, -0.2) is 0 Å². The van der Waals surface area contributed by atoms with Crippen molar-refractivity contribution in [3.8, 4) is 0 Å². The van der Waals surface area contributed by atoms with Crippen molar-refractivity contribution in [3.63, 3.8) is 0 Å². The van der Waals surface area contributed by atoms with Crippen LogP contribution in [-0.2, 0) is 6.42 Å². The van der Waals surface area contributed by atoms with Crippen molar-refractivity contribution in [2.75, 3.05) is 0 Å². The molecule has 16 heavy (non-hydrogen) atoms. The highest BCUT2D eigenvalue weighted by Crippen LogP contribution is 2.31. The minimum atomic E-state index is -0.215. The lowest BCUT2D eigenvalue weighted by atomic mass is 10.1. The van der Waals surface area contributed by atoms with E-state index in [-0.39, 0.29) is 11.2 Å². The van der Waals surface area contributed by atoms with Crippen LogP contribution in [0, 0.1) is 5.82 Å². The van der Waals surface area contributed by atoms with Crippen LogP contribution in [0.15, 0.2) is 39.5 Å². The zero-order chi connectivity index (χ0) is 11.5. The molecule has 1 heterocycles. The molecule has 1 unspecified atom stereocenters. The first-order valence-corrected chi connectivity index (χ1v) is 6.88. The molecule has 4 heteroatoms. The van der Waals surface area contributed by atoms with Gasteiger partial charge in [0.05, 0.1) is 9.16 Å². The first-order chi connectivity index (χ1) is 7.65. The van der Waals surface area contributed by atoms with Crippen molar-refractivity contribution in [2.24, 2.45) is 0 Å². The highest BCUT2D eigenvalue weighted by atomic mass is 79.9. The van der Waals surface area contributed by atoms with Gasteiger partial charge in [0.15, 0.2) is 0 Å². The van der Waals surface area contributed by atoms with Gasteiger partial charge in [-0.25, -0.2) is 4.39 Å². The summed E-state index contributed by atoms with van der Waals surface area (Å²) >= 11 is 11.3. The van der Waals surface area contributed by atoms with Crippen LogP contribution in [0.25, 0.3) is 0 Å². The molecule has 0 nitrogen and oxygen atoms in total. The summed E-state index contributed by atoms with van der Waals surface area (Å²) in [6.07, 6.45) is 0.713. The van der Waals surface area contributed by atoms with Crippen LogP contribution in [0.4, 0.5) is 4.39 Å². The zero-order valence-electron chi connectivity index (χ0n) is 8.29. The van der Waals surface area contributed by atoms with E-state index < -0.39 is 0 Å². The third-order valence-electron chi connectivity index (χ3n) is 2.28. The predicted molar refractivity (Wildman–Crippen MR) is 70.7 cm³/mol. The molecule has 0 amide bonds. The molecule has 0 saturated heterocycles. The lowest BCUT2D eigenvalue weighted by Crippen LogP contribution is -1.94. The number of rotatable bonds is 3. The zero-order valence-corrected chi connectivity index (χ0v) is 11.4. The van der Waals surface area contributed by atoms with Crippen molar-refractivity contribution < 1.29 is 4.39 Å². The number of halogens is 3. The van der Waals surface area contributed by atoms with Crippen molar-refractivity contribution in [1.82, 2.24) is 0 Å². The summed E-state index contributed by atoms with van der Waals surface area (Å²) in [5.41, 5.74) is 2.14. The average molecular weight is 320 g/mol. The SMILES string of the molecule is Fc1ccc(CC(Cl)c2csc(Br)c2)cc1. The maximum absolute atomic E-state index is 12.7. The molecular formula is C12H9BrClFS. The topological polar surface area (TPSA) is 0 Å². The Labute approximate surface area is 111 Å². The van der Waals surface area contributed by atoms with Gasteiger partial charge in [-0.2, -0.15) is 0 Å². The normalized spacial score (nSPS) is 12.7. The Kier molecular flexibility index (Phi) is 4.00. The fraction of sp³-hybridized carbons (Fsp3) is 0.167. The van der Waals surface area contributed by atoms with E-state index in [9.17, 15) is 4.39 Å². The average Bonchev–Trinajstić information content (AvgIpc) is 2.68. The second-order valence-electron chi connectivity index (χ2n) is 3.48. The van der Waals surface area contributed by atoms with E-state index in [0.717, 1.165) is 14.9 Å². The maximum Gasteiger partial charge on any atom is 0.123 e. The summed E-state index contributed by atoms with van der Waals surface area (Å²) < 4.78 is 13.8. The number of benzene rings is 1. The molecule has 0 N–H and O–H groups in total. The molecule has 0 aliphatic carbocycles. The monoisotopic (exact) mass is 318 g/mol. The highest BCUT2D eigenvalue weighted by Gasteiger charge is 2.10. The minimum Gasteiger partial charge on any atom is -0.207 e. The Morgan fingerprint density at radius 2 is 2.00 bits per heavy atom. The van der Waals surface area contributed by atoms with Crippen molar-refractivity contribution >= 4 is 38.9 Å². The van der Waals surface area contributed by atoms with Gasteiger partial charge < -0.3 is 0 Å². The van der Waals surface area contributed by atoms with E-state index in [4.69, 9.17) is 11.6 Å². The van der Waals surface area contributed by atoms with E-state index in [1.807, 2.05) is 11.4 Å². The van der Waals surface area contributed by atoms with E-state index in [1.165, 1.54) is 12.1 Å². The van der Waals surface area contributed by atoms with Crippen molar-refractivity contribution in [1.29, 1.82) is 0 Å². The molecule has 2 aromatic rings. The Balaban J connectivity index is 2.07. The third kappa shape index (κ3) is 3.06. The van der Waals surface area contributed by atoms with Gasteiger partial charge in [-0.3, -0.25) is 0 Å². The summed E-state index contributed by atoms with van der Waals surface area (Å²) in [7, 11) is 0. The first kappa shape index (κ1) is 12.1. The molecule has 1 atom stereocenters. The molecule has 0 aliphatic heterocycles. The molecule has 0 bridgehead atoms. The lowest BCUT2D eigenvalue weighted by molar-refractivity contribution is 0.627. The van der Waals surface area contributed by atoms with Crippen LogP contribution in [0.3, 0.4) is 0 Å². The van der Waals surface area contributed by atoms with Gasteiger partial charge in [-0.1, -0.05) is 12.1 Å². The molecule has 1 aromatic heterocycles. The molecule has 0 radical (unpaired) electrons. The predicted octanol–water partition coefficient (Wildman–Crippen LogP) is 5.17. The Morgan fingerprint density at radius 3 is 2.56 bits per heavy atom. The Hall–Kier alpha value is -0.380. The van der Waals surface area contributed by atoms with Gasteiger partial charge in [0.25, 0.3) is 0 Å².